The number of benzene rings is 3. The molecular weight excluding hydrogens is 397 g/mol. The van der Waals surface area contributed by atoms with Crippen molar-refractivity contribution in [3.8, 4) is 0 Å². The lowest BCUT2D eigenvalue weighted by Gasteiger charge is -2.38. The third-order valence-electron chi connectivity index (χ3n) is 5.00. The topological polar surface area (TPSA) is 27.6 Å². The van der Waals surface area contributed by atoms with E-state index in [0.717, 1.165) is 11.6 Å². The molecule has 1 N–H and O–H groups in total. The fourth-order valence-electron chi connectivity index (χ4n) is 3.60. The Labute approximate surface area is 189 Å². The lowest BCUT2D eigenvalue weighted by Crippen LogP contribution is -2.47. The molecule has 0 aromatic heterocycles. The third-order valence-corrected chi connectivity index (χ3v) is 7.65. The van der Waals surface area contributed by atoms with Gasteiger partial charge in [0.15, 0.2) is 0 Å². The van der Waals surface area contributed by atoms with Gasteiger partial charge in [-0.25, -0.2) is 4.99 Å². The minimum absolute atomic E-state index is 0.265. The first kappa shape index (κ1) is 23.0. The average Bonchev–Trinajstić information content (AvgIpc) is 2.74. The molecule has 31 heavy (non-hydrogen) atoms. The Bertz CT molecular complexity index is 938. The molecule has 0 bridgehead atoms. The van der Waals surface area contributed by atoms with Crippen LogP contribution < -0.4 is 15.9 Å². The minimum Gasteiger partial charge on any atom is -0.354 e. The highest BCUT2D eigenvalue weighted by Crippen LogP contribution is 2.41. The maximum atomic E-state index is 5.24. The van der Waals surface area contributed by atoms with Crippen molar-refractivity contribution in [2.75, 3.05) is 0 Å². The van der Waals surface area contributed by atoms with Crippen LogP contribution in [0.3, 0.4) is 0 Å². The van der Waals surface area contributed by atoms with Gasteiger partial charge in [-0.1, -0.05) is 78.9 Å². The number of nitrogens with zero attached hydrogens (tertiary/aromatic N) is 2. The SMILES string of the molecule is Cc1cccc(C)c1/N=C(\NC(C)C)N(C(C)C)P(c1ccccc1)c1ccccc1. The van der Waals surface area contributed by atoms with E-state index in [2.05, 4.69) is 130 Å². The maximum Gasteiger partial charge on any atom is 0.203 e. The number of aryl methyl sites for hydroxylation is 2. The summed E-state index contributed by atoms with van der Waals surface area (Å²) < 4.78 is 2.48. The van der Waals surface area contributed by atoms with Crippen molar-refractivity contribution >= 4 is 30.3 Å². The molecule has 0 amide bonds. The van der Waals surface area contributed by atoms with Crippen LogP contribution in [-0.4, -0.2) is 22.7 Å². The van der Waals surface area contributed by atoms with Crippen molar-refractivity contribution in [2.45, 2.75) is 53.6 Å². The molecule has 0 saturated heterocycles. The summed E-state index contributed by atoms with van der Waals surface area (Å²) in [7, 11) is -0.799. The minimum atomic E-state index is -0.799. The van der Waals surface area contributed by atoms with Crippen LogP contribution in [0.25, 0.3) is 0 Å². The van der Waals surface area contributed by atoms with Gasteiger partial charge in [-0.05, 0) is 52.7 Å². The number of hydrogen-bond acceptors (Lipinski definition) is 1. The number of aliphatic imine (C=N–C) groups is 1. The summed E-state index contributed by atoms with van der Waals surface area (Å²) in [6.45, 7) is 13.1. The van der Waals surface area contributed by atoms with Crippen LogP contribution in [0.5, 0.6) is 0 Å². The van der Waals surface area contributed by atoms with E-state index in [1.54, 1.807) is 0 Å². The van der Waals surface area contributed by atoms with Gasteiger partial charge in [0.1, 0.15) is 0 Å². The van der Waals surface area contributed by atoms with E-state index in [4.69, 9.17) is 4.99 Å². The van der Waals surface area contributed by atoms with Crippen LogP contribution in [0.15, 0.2) is 83.9 Å². The fourth-order valence-corrected chi connectivity index (χ4v) is 6.06. The predicted octanol–water partition coefficient (Wildman–Crippen LogP) is 6.05. The molecule has 0 saturated carbocycles. The lowest BCUT2D eigenvalue weighted by atomic mass is 10.1. The molecule has 0 aliphatic rings. The maximum absolute atomic E-state index is 5.24. The second kappa shape index (κ2) is 10.6. The monoisotopic (exact) mass is 431 g/mol. The van der Waals surface area contributed by atoms with E-state index in [1.807, 2.05) is 0 Å². The van der Waals surface area contributed by atoms with Crippen molar-refractivity contribution in [2.24, 2.45) is 4.99 Å². The Morgan fingerprint density at radius 1 is 0.742 bits per heavy atom. The molecule has 4 heteroatoms. The smallest absolute Gasteiger partial charge is 0.203 e. The largest absolute Gasteiger partial charge is 0.354 e. The predicted molar refractivity (Wildman–Crippen MR) is 137 cm³/mol. The quantitative estimate of drug-likeness (QED) is 0.292. The molecule has 3 nitrogen and oxygen atoms in total. The molecule has 3 aromatic carbocycles. The molecule has 0 atom stereocenters. The van der Waals surface area contributed by atoms with Gasteiger partial charge < -0.3 is 9.99 Å². The molecule has 162 valence electrons. The van der Waals surface area contributed by atoms with Crippen molar-refractivity contribution < 1.29 is 0 Å². The van der Waals surface area contributed by atoms with Crippen LogP contribution >= 0.6 is 8.07 Å². The van der Waals surface area contributed by atoms with Gasteiger partial charge in [0, 0.05) is 22.7 Å². The van der Waals surface area contributed by atoms with Gasteiger partial charge in [0.25, 0.3) is 0 Å². The molecule has 3 aromatic rings. The average molecular weight is 432 g/mol. The molecule has 0 radical (unpaired) electrons. The fraction of sp³-hybridized carbons (Fsp3) is 0.296. The van der Waals surface area contributed by atoms with E-state index in [9.17, 15) is 0 Å². The standard InChI is InChI=1S/C27H34N3P/c1-20(2)28-27(29-26-22(5)14-13-15-23(26)6)30(21(3)4)31(24-16-9-7-10-17-24)25-18-11-8-12-19-25/h7-21H,1-6H3,(H,28,29). The molecule has 0 fully saturated rings. The van der Waals surface area contributed by atoms with Gasteiger partial charge in [-0.15, -0.1) is 0 Å². The summed E-state index contributed by atoms with van der Waals surface area (Å²) in [6.07, 6.45) is 0. The third kappa shape index (κ3) is 5.74. The molecule has 3 rings (SSSR count). The normalized spacial score (nSPS) is 12.0. The summed E-state index contributed by atoms with van der Waals surface area (Å²) in [5.41, 5.74) is 3.43. The van der Waals surface area contributed by atoms with Crippen LogP contribution in [0.2, 0.25) is 0 Å². The highest BCUT2D eigenvalue weighted by Gasteiger charge is 2.28. The van der Waals surface area contributed by atoms with Gasteiger partial charge >= 0.3 is 0 Å². The zero-order valence-electron chi connectivity index (χ0n) is 19.5. The zero-order chi connectivity index (χ0) is 22.4. The Kier molecular flexibility index (Phi) is 7.87. The van der Waals surface area contributed by atoms with Crippen molar-refractivity contribution in [1.29, 1.82) is 0 Å². The van der Waals surface area contributed by atoms with Crippen LogP contribution in [-0.2, 0) is 0 Å². The molecular formula is C27H34N3P. The summed E-state index contributed by atoms with van der Waals surface area (Å²) in [6, 6.07) is 28.5. The Balaban J connectivity index is 2.22. The number of para-hydroxylation sites is 1. The van der Waals surface area contributed by atoms with Crippen molar-refractivity contribution in [3.63, 3.8) is 0 Å². The van der Waals surface area contributed by atoms with E-state index >= 15 is 0 Å². The Hall–Kier alpha value is -2.64. The number of guanidine groups is 1. The number of nitrogens with one attached hydrogen (secondary N) is 1. The van der Waals surface area contributed by atoms with Crippen LogP contribution in [0.1, 0.15) is 38.8 Å². The first-order chi connectivity index (χ1) is 14.9. The lowest BCUT2D eigenvalue weighted by molar-refractivity contribution is 0.511. The van der Waals surface area contributed by atoms with Gasteiger partial charge in [-0.2, -0.15) is 0 Å². The highest BCUT2D eigenvalue weighted by molar-refractivity contribution is 7.71. The molecule has 0 aliphatic carbocycles. The van der Waals surface area contributed by atoms with Crippen LogP contribution in [0.4, 0.5) is 5.69 Å². The Morgan fingerprint density at radius 3 is 1.65 bits per heavy atom. The second-order valence-electron chi connectivity index (χ2n) is 8.40. The number of rotatable bonds is 6. The van der Waals surface area contributed by atoms with E-state index in [1.165, 1.54) is 21.7 Å². The first-order valence-corrected chi connectivity index (χ1v) is 12.3. The summed E-state index contributed by atoms with van der Waals surface area (Å²) in [4.78, 5) is 5.24. The molecule has 0 heterocycles. The zero-order valence-corrected chi connectivity index (χ0v) is 20.4. The summed E-state index contributed by atoms with van der Waals surface area (Å²) in [5.74, 6) is 0.932. The van der Waals surface area contributed by atoms with Crippen LogP contribution in [0, 0.1) is 13.8 Å². The number of hydrogen-bond donors (Lipinski definition) is 1. The van der Waals surface area contributed by atoms with E-state index in [-0.39, 0.29) is 12.1 Å². The Morgan fingerprint density at radius 2 is 1.23 bits per heavy atom. The molecule has 0 aliphatic heterocycles. The second-order valence-corrected chi connectivity index (χ2v) is 10.5. The van der Waals surface area contributed by atoms with Crippen molar-refractivity contribution in [3.05, 3.63) is 90.0 Å². The van der Waals surface area contributed by atoms with Gasteiger partial charge in [-0.3, -0.25) is 0 Å². The van der Waals surface area contributed by atoms with E-state index < -0.39 is 8.07 Å². The highest BCUT2D eigenvalue weighted by atomic mass is 31.1. The van der Waals surface area contributed by atoms with Crippen molar-refractivity contribution in [1.82, 2.24) is 9.99 Å². The molecule has 0 unspecified atom stereocenters. The van der Waals surface area contributed by atoms with Gasteiger partial charge in [0.2, 0.25) is 5.96 Å². The summed E-state index contributed by atoms with van der Waals surface area (Å²) >= 11 is 0. The van der Waals surface area contributed by atoms with Gasteiger partial charge in [0.05, 0.1) is 13.8 Å². The molecule has 0 spiro atoms. The van der Waals surface area contributed by atoms with E-state index in [0.29, 0.717) is 0 Å². The first-order valence-electron chi connectivity index (χ1n) is 11.0. The summed E-state index contributed by atoms with van der Waals surface area (Å²) in [5, 5.41) is 6.31.